The van der Waals surface area contributed by atoms with Crippen LogP contribution in [0.3, 0.4) is 0 Å². The Morgan fingerprint density at radius 2 is 1.70 bits per heavy atom. The van der Waals surface area contributed by atoms with Crippen molar-refractivity contribution in [3.8, 4) is 0 Å². The molecule has 3 N–H and O–H groups in total. The van der Waals surface area contributed by atoms with Crippen molar-refractivity contribution >= 4 is 23.4 Å². The smallest absolute Gasteiger partial charge is 0.254 e. The standard InChI is InChI=1S/C18H18F2N4O3/c19-12-3-4-14(15(20)10-12)18(27)23-9-5-16(25)22-8-6-17(26)24-13-2-1-7-21-11-13/h1-4,7,10-11H,5-6,8-9H2,(H,22,25)(H,23,27)(H,24,26). The normalized spacial score (nSPS) is 10.1. The maximum atomic E-state index is 13.5. The molecule has 0 saturated heterocycles. The summed E-state index contributed by atoms with van der Waals surface area (Å²) in [7, 11) is 0. The molecule has 0 unspecified atom stereocenters. The topological polar surface area (TPSA) is 100 Å². The van der Waals surface area contributed by atoms with Crippen LogP contribution < -0.4 is 16.0 Å². The molecule has 27 heavy (non-hydrogen) atoms. The number of halogens is 2. The van der Waals surface area contributed by atoms with Crippen molar-refractivity contribution in [3.05, 3.63) is 59.9 Å². The number of hydrogen-bond donors (Lipinski definition) is 3. The number of carbonyl (C=O) groups is 3. The van der Waals surface area contributed by atoms with E-state index in [1.165, 1.54) is 6.20 Å². The highest BCUT2D eigenvalue weighted by Gasteiger charge is 2.12. The van der Waals surface area contributed by atoms with Gasteiger partial charge in [-0.2, -0.15) is 0 Å². The van der Waals surface area contributed by atoms with Gasteiger partial charge in [-0.05, 0) is 24.3 Å². The number of hydrogen-bond acceptors (Lipinski definition) is 4. The fraction of sp³-hybridized carbons (Fsp3) is 0.222. The first-order chi connectivity index (χ1) is 13.0. The lowest BCUT2D eigenvalue weighted by Crippen LogP contribution is -2.32. The van der Waals surface area contributed by atoms with Gasteiger partial charge in [0.2, 0.25) is 11.8 Å². The van der Waals surface area contributed by atoms with Gasteiger partial charge in [0.1, 0.15) is 11.6 Å². The van der Waals surface area contributed by atoms with Crippen LogP contribution in [0.5, 0.6) is 0 Å². The van der Waals surface area contributed by atoms with E-state index in [4.69, 9.17) is 0 Å². The first-order valence-electron chi connectivity index (χ1n) is 8.15. The summed E-state index contributed by atoms with van der Waals surface area (Å²) in [6.45, 7) is 0.106. The minimum absolute atomic E-state index is 0.0244. The molecule has 0 aliphatic carbocycles. The fourth-order valence-corrected chi connectivity index (χ4v) is 2.12. The number of nitrogens with zero attached hydrogens (tertiary/aromatic N) is 1. The van der Waals surface area contributed by atoms with Gasteiger partial charge in [0.05, 0.1) is 17.4 Å². The molecule has 7 nitrogen and oxygen atoms in total. The Morgan fingerprint density at radius 3 is 2.41 bits per heavy atom. The monoisotopic (exact) mass is 376 g/mol. The van der Waals surface area contributed by atoms with E-state index in [0.717, 1.165) is 12.1 Å². The van der Waals surface area contributed by atoms with Crippen LogP contribution in [0.4, 0.5) is 14.5 Å². The van der Waals surface area contributed by atoms with Crippen LogP contribution >= 0.6 is 0 Å². The van der Waals surface area contributed by atoms with Crippen molar-refractivity contribution in [2.75, 3.05) is 18.4 Å². The van der Waals surface area contributed by atoms with Gasteiger partial charge in [0.25, 0.3) is 5.91 Å². The van der Waals surface area contributed by atoms with Crippen LogP contribution in [0.2, 0.25) is 0 Å². The van der Waals surface area contributed by atoms with Gasteiger partial charge < -0.3 is 16.0 Å². The Labute approximate surface area is 154 Å². The van der Waals surface area contributed by atoms with E-state index in [1.807, 2.05) is 0 Å². The molecular formula is C18H18F2N4O3. The SMILES string of the molecule is O=C(CCNC(=O)c1ccc(F)cc1F)NCCC(=O)Nc1cccnc1. The average molecular weight is 376 g/mol. The molecule has 0 atom stereocenters. The molecule has 2 aromatic rings. The molecular weight excluding hydrogens is 358 g/mol. The second kappa shape index (κ2) is 9.95. The number of carbonyl (C=O) groups excluding carboxylic acids is 3. The Morgan fingerprint density at radius 1 is 0.963 bits per heavy atom. The fourth-order valence-electron chi connectivity index (χ4n) is 2.12. The van der Waals surface area contributed by atoms with E-state index < -0.39 is 17.5 Å². The zero-order chi connectivity index (χ0) is 19.6. The zero-order valence-corrected chi connectivity index (χ0v) is 14.3. The third-order valence-electron chi connectivity index (χ3n) is 3.43. The van der Waals surface area contributed by atoms with Crippen molar-refractivity contribution in [3.63, 3.8) is 0 Å². The second-order valence-electron chi connectivity index (χ2n) is 5.52. The minimum Gasteiger partial charge on any atom is -0.356 e. The maximum Gasteiger partial charge on any atom is 0.254 e. The molecule has 0 radical (unpaired) electrons. The van der Waals surface area contributed by atoms with E-state index in [0.29, 0.717) is 11.8 Å². The molecule has 0 fully saturated rings. The van der Waals surface area contributed by atoms with Gasteiger partial charge >= 0.3 is 0 Å². The van der Waals surface area contributed by atoms with Crippen molar-refractivity contribution in [2.24, 2.45) is 0 Å². The highest BCUT2D eigenvalue weighted by Crippen LogP contribution is 2.09. The summed E-state index contributed by atoms with van der Waals surface area (Å²) in [5.74, 6) is -3.14. The molecule has 0 spiro atoms. The minimum atomic E-state index is -0.975. The first kappa shape index (κ1) is 20.0. The van der Waals surface area contributed by atoms with Crippen LogP contribution in [0.25, 0.3) is 0 Å². The Balaban J connectivity index is 1.63. The number of anilines is 1. The summed E-state index contributed by atoms with van der Waals surface area (Å²) in [5, 5.41) is 7.54. The molecule has 0 saturated carbocycles. The average Bonchev–Trinajstić information content (AvgIpc) is 2.62. The summed E-state index contributed by atoms with van der Waals surface area (Å²) in [6, 6.07) is 5.99. The number of aromatic nitrogens is 1. The lowest BCUT2D eigenvalue weighted by Gasteiger charge is -2.08. The molecule has 3 amide bonds. The van der Waals surface area contributed by atoms with E-state index >= 15 is 0 Å². The quantitative estimate of drug-likeness (QED) is 0.652. The molecule has 142 valence electrons. The Hall–Kier alpha value is -3.36. The Bertz CT molecular complexity index is 816. The predicted molar refractivity (Wildman–Crippen MR) is 93.8 cm³/mol. The third-order valence-corrected chi connectivity index (χ3v) is 3.43. The van der Waals surface area contributed by atoms with Crippen molar-refractivity contribution in [2.45, 2.75) is 12.8 Å². The Kier molecular flexibility index (Phi) is 7.36. The molecule has 0 aliphatic heterocycles. The van der Waals surface area contributed by atoms with Crippen molar-refractivity contribution in [1.29, 1.82) is 0 Å². The van der Waals surface area contributed by atoms with Crippen LogP contribution in [0.1, 0.15) is 23.2 Å². The second-order valence-corrected chi connectivity index (χ2v) is 5.52. The van der Waals surface area contributed by atoms with Gasteiger partial charge in [-0.15, -0.1) is 0 Å². The molecule has 2 rings (SSSR count). The lowest BCUT2D eigenvalue weighted by atomic mass is 10.2. The van der Waals surface area contributed by atoms with Gasteiger partial charge in [0.15, 0.2) is 0 Å². The largest absolute Gasteiger partial charge is 0.356 e. The van der Waals surface area contributed by atoms with Crippen molar-refractivity contribution in [1.82, 2.24) is 15.6 Å². The molecule has 1 heterocycles. The van der Waals surface area contributed by atoms with E-state index in [2.05, 4.69) is 20.9 Å². The summed E-state index contributed by atoms with van der Waals surface area (Å²) in [6.07, 6.45) is 3.12. The molecule has 0 aliphatic rings. The van der Waals surface area contributed by atoms with Gasteiger partial charge in [-0.3, -0.25) is 19.4 Å². The van der Waals surface area contributed by atoms with E-state index in [1.54, 1.807) is 18.3 Å². The predicted octanol–water partition coefficient (Wildman–Crippen LogP) is 1.62. The molecule has 1 aromatic heterocycles. The number of pyridine rings is 1. The van der Waals surface area contributed by atoms with Crippen LogP contribution in [0.15, 0.2) is 42.7 Å². The van der Waals surface area contributed by atoms with Crippen LogP contribution in [0, 0.1) is 11.6 Å². The van der Waals surface area contributed by atoms with Crippen LogP contribution in [-0.4, -0.2) is 35.8 Å². The highest BCUT2D eigenvalue weighted by atomic mass is 19.1. The summed E-state index contributed by atoms with van der Waals surface area (Å²) < 4.78 is 26.3. The molecule has 1 aromatic carbocycles. The first-order valence-corrected chi connectivity index (χ1v) is 8.15. The summed E-state index contributed by atoms with van der Waals surface area (Å²) >= 11 is 0. The molecule has 0 bridgehead atoms. The number of rotatable bonds is 8. The van der Waals surface area contributed by atoms with Crippen LogP contribution in [-0.2, 0) is 9.59 Å². The van der Waals surface area contributed by atoms with E-state index in [-0.39, 0.29) is 43.3 Å². The third kappa shape index (κ3) is 6.81. The number of amides is 3. The van der Waals surface area contributed by atoms with Crippen molar-refractivity contribution < 1.29 is 23.2 Å². The number of benzene rings is 1. The number of nitrogens with one attached hydrogen (secondary N) is 3. The van der Waals surface area contributed by atoms with E-state index in [9.17, 15) is 23.2 Å². The highest BCUT2D eigenvalue weighted by molar-refractivity contribution is 5.94. The lowest BCUT2D eigenvalue weighted by molar-refractivity contribution is -0.121. The zero-order valence-electron chi connectivity index (χ0n) is 14.3. The van der Waals surface area contributed by atoms with Gasteiger partial charge in [0, 0.05) is 38.2 Å². The molecule has 9 heteroatoms. The summed E-state index contributed by atoms with van der Waals surface area (Å²) in [5.41, 5.74) is 0.258. The van der Waals surface area contributed by atoms with Gasteiger partial charge in [-0.1, -0.05) is 0 Å². The van der Waals surface area contributed by atoms with Gasteiger partial charge in [-0.25, -0.2) is 8.78 Å². The summed E-state index contributed by atoms with van der Waals surface area (Å²) in [4.78, 5) is 39.0. The maximum absolute atomic E-state index is 13.5.